The minimum atomic E-state index is -2.29. The summed E-state index contributed by atoms with van der Waals surface area (Å²) in [5.41, 5.74) is 3.12. The van der Waals surface area contributed by atoms with E-state index in [4.69, 9.17) is 42.0 Å². The highest BCUT2D eigenvalue weighted by Crippen LogP contribution is 2.45. The van der Waals surface area contributed by atoms with Gasteiger partial charge in [-0.25, -0.2) is 0 Å². The lowest BCUT2D eigenvalue weighted by Crippen LogP contribution is -2.66. The Morgan fingerprint density at radius 1 is 0.569 bits per heavy atom. The summed E-state index contributed by atoms with van der Waals surface area (Å²) in [5.74, 6) is 0. The second kappa shape index (κ2) is 20.6. The van der Waals surface area contributed by atoms with E-state index in [2.05, 4.69) is 122 Å². The Morgan fingerprint density at radius 3 is 1.48 bits per heavy atom. The van der Waals surface area contributed by atoms with Crippen LogP contribution in [0.15, 0.2) is 91.0 Å². The monoisotopic (exact) mass is 948 g/mol. The lowest BCUT2D eigenvalue weighted by Gasteiger charge is -2.52. The van der Waals surface area contributed by atoms with Crippen LogP contribution in [0.3, 0.4) is 0 Å². The molecule has 0 aliphatic carbocycles. The van der Waals surface area contributed by atoms with Crippen LogP contribution in [-0.4, -0.2) is 89.6 Å². The molecule has 0 unspecified atom stereocenters. The molecule has 0 radical (unpaired) electrons. The largest absolute Gasteiger partial charge is 0.410 e. The molecule has 2 aliphatic heterocycles. The van der Waals surface area contributed by atoms with Gasteiger partial charge >= 0.3 is 0 Å². The van der Waals surface area contributed by atoms with Crippen LogP contribution in [0.4, 0.5) is 0 Å². The van der Waals surface area contributed by atoms with Crippen molar-refractivity contribution < 1.29 is 42.0 Å². The summed E-state index contributed by atoms with van der Waals surface area (Å²) in [6.07, 6.45) is -4.88. The van der Waals surface area contributed by atoms with Crippen molar-refractivity contribution in [1.82, 2.24) is 0 Å². The molecule has 10 atom stereocenters. The topological polar surface area (TPSA) is 83.1 Å². The van der Waals surface area contributed by atoms with E-state index in [1.165, 1.54) is 0 Å². The van der Waals surface area contributed by atoms with Crippen LogP contribution in [0.1, 0.15) is 65.2 Å². The van der Waals surface area contributed by atoms with E-state index in [0.29, 0.717) is 19.8 Å². The summed E-state index contributed by atoms with van der Waals surface area (Å²) in [4.78, 5) is 0. The fourth-order valence-electron chi connectivity index (χ4n) is 6.69. The van der Waals surface area contributed by atoms with Gasteiger partial charge in [0.15, 0.2) is 29.2 Å². The molecule has 2 aliphatic rings. The Kier molecular flexibility index (Phi) is 16.8. The van der Waals surface area contributed by atoms with Crippen LogP contribution in [0.2, 0.25) is 36.3 Å². The van der Waals surface area contributed by atoms with Crippen molar-refractivity contribution in [1.29, 1.82) is 0 Å². The Bertz CT molecular complexity index is 1650. The molecule has 0 aromatic heterocycles. The van der Waals surface area contributed by atoms with E-state index in [1.54, 1.807) is 7.11 Å². The van der Waals surface area contributed by atoms with Gasteiger partial charge < -0.3 is 42.0 Å². The summed E-state index contributed by atoms with van der Waals surface area (Å²) in [5, 5.41) is -0.0131. The summed E-state index contributed by atoms with van der Waals surface area (Å²) in [6, 6.07) is 30.4. The molecule has 0 amide bonds. The smallest absolute Gasteiger partial charge is 0.192 e. The van der Waals surface area contributed by atoms with Gasteiger partial charge in [0.25, 0.3) is 0 Å². The molecule has 9 nitrogen and oxygen atoms in total. The fraction of sp³-hybridized carbons (Fsp3) is 0.609. The van der Waals surface area contributed by atoms with E-state index < -0.39 is 53.6 Å². The van der Waals surface area contributed by atoms with Gasteiger partial charge in [0, 0.05) is 7.11 Å². The van der Waals surface area contributed by atoms with E-state index in [9.17, 15) is 0 Å². The first-order valence-electron chi connectivity index (χ1n) is 20.7. The van der Waals surface area contributed by atoms with Gasteiger partial charge in [-0.15, -0.1) is 0 Å². The lowest BCUT2D eigenvalue weighted by atomic mass is 9.97. The highest BCUT2D eigenvalue weighted by atomic mass is 127. The maximum absolute atomic E-state index is 7.37. The zero-order valence-electron chi connectivity index (χ0n) is 36.8. The molecule has 2 saturated heterocycles. The molecule has 12 heteroatoms. The third kappa shape index (κ3) is 12.3. The highest BCUT2D eigenvalue weighted by molar-refractivity contribution is 14.1. The molecular weight excluding hydrogens is 880 g/mol. The van der Waals surface area contributed by atoms with Crippen LogP contribution < -0.4 is 0 Å². The molecule has 0 bridgehead atoms. The predicted molar refractivity (Wildman–Crippen MR) is 243 cm³/mol. The number of methoxy groups -OCH3 is 1. The Balaban J connectivity index is 1.52. The molecule has 3 aromatic rings. The molecule has 322 valence electrons. The minimum absolute atomic E-state index is 0.00470. The van der Waals surface area contributed by atoms with Crippen molar-refractivity contribution in [2.24, 2.45) is 0 Å². The number of ether oxygens (including phenoxy) is 7. The van der Waals surface area contributed by atoms with Crippen LogP contribution in [0.5, 0.6) is 0 Å². The van der Waals surface area contributed by atoms with Crippen molar-refractivity contribution in [3.8, 4) is 0 Å². The summed E-state index contributed by atoms with van der Waals surface area (Å²) >= 11 is 2.48. The molecule has 0 saturated carbocycles. The van der Waals surface area contributed by atoms with E-state index in [0.717, 1.165) is 16.7 Å². The van der Waals surface area contributed by atoms with Crippen molar-refractivity contribution in [2.75, 3.05) is 13.7 Å². The van der Waals surface area contributed by atoms with Gasteiger partial charge in [-0.05, 0) is 59.9 Å². The number of hydrogen-bond donors (Lipinski definition) is 0. The van der Waals surface area contributed by atoms with Gasteiger partial charge in [-0.3, -0.25) is 0 Å². The van der Waals surface area contributed by atoms with Crippen molar-refractivity contribution >= 4 is 39.2 Å². The zero-order valence-corrected chi connectivity index (χ0v) is 41.0. The zero-order chi connectivity index (χ0) is 42.3. The highest BCUT2D eigenvalue weighted by Gasteiger charge is 2.55. The second-order valence-corrected chi connectivity index (χ2v) is 29.7. The van der Waals surface area contributed by atoms with Gasteiger partial charge in [0.1, 0.15) is 24.4 Å². The van der Waals surface area contributed by atoms with Gasteiger partial charge in [-0.1, -0.05) is 155 Å². The van der Waals surface area contributed by atoms with E-state index in [-0.39, 0.29) is 38.9 Å². The second-order valence-electron chi connectivity index (χ2n) is 18.7. The Hall–Kier alpha value is -1.54. The van der Waals surface area contributed by atoms with Crippen molar-refractivity contribution in [3.05, 3.63) is 108 Å². The van der Waals surface area contributed by atoms with Crippen molar-refractivity contribution in [2.45, 2.75) is 164 Å². The average Bonchev–Trinajstić information content (AvgIpc) is 3.17. The molecule has 2 heterocycles. The number of alkyl halides is 1. The van der Waals surface area contributed by atoms with E-state index in [1.807, 2.05) is 66.7 Å². The van der Waals surface area contributed by atoms with Crippen molar-refractivity contribution in [3.63, 3.8) is 0 Å². The standard InChI is InChI=1S/C46H69IO9Si2/c1-32-38(55-57(9,10)45(2,3)4)40(56-58(11,12)46(5,6)7)37(47)43(52-32)54-39-36(31-49-28-33-22-16-13-17-23-33)53-44(48-8)42(51-30-35-26-20-15-21-27-35)41(39)50-29-34-24-18-14-19-25-34/h13-27,32,36-44H,28-31H2,1-12H3/t32-,36-,37+,38-,39-,40-,41+,42-,43-,44+/m1/s1. The predicted octanol–water partition coefficient (Wildman–Crippen LogP) is 10.5. The lowest BCUT2D eigenvalue weighted by molar-refractivity contribution is -0.348. The third-order valence-electron chi connectivity index (χ3n) is 12.3. The Morgan fingerprint density at radius 2 is 1.02 bits per heavy atom. The first-order chi connectivity index (χ1) is 27.3. The molecule has 0 spiro atoms. The van der Waals surface area contributed by atoms with Gasteiger partial charge in [-0.2, -0.15) is 0 Å². The van der Waals surface area contributed by atoms with Crippen LogP contribution in [0.25, 0.3) is 0 Å². The molecule has 2 fully saturated rings. The normalized spacial score (nSPS) is 28.7. The fourth-order valence-corrected chi connectivity index (χ4v) is 10.5. The van der Waals surface area contributed by atoms with Crippen LogP contribution in [-0.2, 0) is 61.8 Å². The van der Waals surface area contributed by atoms with Crippen LogP contribution >= 0.6 is 22.6 Å². The summed E-state index contributed by atoms with van der Waals surface area (Å²) in [6.45, 7) is 26.2. The molecule has 0 N–H and O–H groups in total. The molecular formula is C46H69IO9Si2. The Labute approximate surface area is 364 Å². The summed E-state index contributed by atoms with van der Waals surface area (Å²) < 4.78 is 61.4. The maximum atomic E-state index is 7.37. The van der Waals surface area contributed by atoms with Gasteiger partial charge in [0.2, 0.25) is 0 Å². The molecule has 58 heavy (non-hydrogen) atoms. The molecule has 5 rings (SSSR count). The average molecular weight is 949 g/mol. The van der Waals surface area contributed by atoms with Gasteiger partial charge in [0.05, 0.1) is 48.7 Å². The first-order valence-corrected chi connectivity index (χ1v) is 27.8. The summed E-state index contributed by atoms with van der Waals surface area (Å²) in [7, 11) is -2.89. The number of halogens is 1. The SMILES string of the molecule is CO[C@H]1O[C@H](COCc2ccccc2)[C@@H](O[C@H]2O[C@H](C)[C@@H](O[Si](C)(C)C(C)(C)C)[C@H](O[Si](C)(C)C(C)(C)C)[C@@H]2I)[C@H](OCc2ccccc2)[C@H]1OCc1ccccc1. The number of hydrogen-bond acceptors (Lipinski definition) is 9. The maximum Gasteiger partial charge on any atom is 0.192 e. The number of benzene rings is 3. The molecule has 3 aromatic carbocycles. The van der Waals surface area contributed by atoms with Crippen LogP contribution in [0, 0.1) is 0 Å². The first kappa shape index (κ1) is 47.5. The number of rotatable bonds is 17. The third-order valence-corrected chi connectivity index (χ3v) is 22.5. The minimum Gasteiger partial charge on any atom is -0.410 e. The van der Waals surface area contributed by atoms with E-state index >= 15 is 0 Å². The quantitative estimate of drug-likeness (QED) is 0.0746.